The quantitative estimate of drug-likeness (QED) is 0.790. The lowest BCUT2D eigenvalue weighted by molar-refractivity contribution is -0.116. The molecular formula is C12H12Cl3NO4. The summed E-state index contributed by atoms with van der Waals surface area (Å²) >= 11 is 16.4. The minimum atomic E-state index is -1.74. The number of hydrogen-bond donors (Lipinski definition) is 0. The van der Waals surface area contributed by atoms with E-state index in [0.717, 1.165) is 4.90 Å². The first-order valence-electron chi connectivity index (χ1n) is 5.43. The van der Waals surface area contributed by atoms with Gasteiger partial charge in [-0.15, -0.1) is 0 Å². The highest BCUT2D eigenvalue weighted by atomic mass is 35.6. The molecule has 2 amide bonds. The van der Waals surface area contributed by atoms with E-state index < -0.39 is 22.4 Å². The van der Waals surface area contributed by atoms with Gasteiger partial charge in [0.25, 0.3) is 0 Å². The Kier molecular flexibility index (Phi) is 5.92. The molecule has 5 nitrogen and oxygen atoms in total. The zero-order valence-corrected chi connectivity index (χ0v) is 13.0. The second-order valence-corrected chi connectivity index (χ2v) is 6.24. The van der Waals surface area contributed by atoms with Crippen molar-refractivity contribution in [1.82, 2.24) is 0 Å². The molecule has 0 heterocycles. The molecule has 0 aliphatic rings. The predicted molar refractivity (Wildman–Crippen MR) is 77.8 cm³/mol. The summed E-state index contributed by atoms with van der Waals surface area (Å²) in [4.78, 5) is 24.3. The number of methoxy groups -OCH3 is 1. The van der Waals surface area contributed by atoms with E-state index in [1.165, 1.54) is 26.2 Å². The lowest BCUT2D eigenvalue weighted by Gasteiger charge is -2.20. The van der Waals surface area contributed by atoms with E-state index in [1.807, 2.05) is 0 Å². The third-order valence-corrected chi connectivity index (χ3v) is 2.51. The molecule has 0 spiro atoms. The maximum absolute atomic E-state index is 11.9. The first kappa shape index (κ1) is 16.9. The maximum Gasteiger partial charge on any atom is 0.421 e. The highest BCUT2D eigenvalue weighted by Crippen LogP contribution is 2.27. The minimum absolute atomic E-state index is 0.326. The molecule has 8 heteroatoms. The molecule has 0 unspecified atom stereocenters. The van der Waals surface area contributed by atoms with Crippen LogP contribution in [0.3, 0.4) is 0 Å². The Morgan fingerprint density at radius 3 is 2.15 bits per heavy atom. The van der Waals surface area contributed by atoms with Gasteiger partial charge in [0.05, 0.1) is 12.8 Å². The van der Waals surface area contributed by atoms with Gasteiger partial charge in [0.1, 0.15) is 12.4 Å². The molecule has 0 fully saturated rings. The third kappa shape index (κ3) is 5.07. The Balaban J connectivity index is 2.87. The fraction of sp³-hybridized carbons (Fsp3) is 0.333. The number of nitrogens with zero attached hydrogens (tertiary/aromatic N) is 1. The van der Waals surface area contributed by atoms with E-state index in [9.17, 15) is 9.59 Å². The topological polar surface area (TPSA) is 55.8 Å². The molecule has 0 bridgehead atoms. The number of carbonyl (C=O) groups is 2. The van der Waals surface area contributed by atoms with Crippen molar-refractivity contribution in [3.8, 4) is 5.75 Å². The average molecular weight is 341 g/mol. The summed E-state index contributed by atoms with van der Waals surface area (Å²) in [5.41, 5.74) is 0.326. The summed E-state index contributed by atoms with van der Waals surface area (Å²) in [6.07, 6.45) is -0.922. The van der Waals surface area contributed by atoms with Crippen LogP contribution in [0.25, 0.3) is 0 Å². The summed E-state index contributed by atoms with van der Waals surface area (Å²) in [5, 5.41) is 0. The molecule has 1 rings (SSSR count). The highest BCUT2D eigenvalue weighted by Gasteiger charge is 2.27. The Morgan fingerprint density at radius 1 is 1.20 bits per heavy atom. The number of amides is 2. The summed E-state index contributed by atoms with van der Waals surface area (Å²) in [7, 11) is 1.51. The van der Waals surface area contributed by atoms with Crippen molar-refractivity contribution >= 4 is 52.5 Å². The largest absolute Gasteiger partial charge is 0.497 e. The van der Waals surface area contributed by atoms with Crippen LogP contribution in [-0.2, 0) is 9.53 Å². The lowest BCUT2D eigenvalue weighted by atomic mass is 10.3. The molecule has 110 valence electrons. The van der Waals surface area contributed by atoms with Gasteiger partial charge >= 0.3 is 6.09 Å². The molecule has 0 aliphatic carbocycles. The van der Waals surface area contributed by atoms with Crippen LogP contribution >= 0.6 is 34.8 Å². The second kappa shape index (κ2) is 7.02. The molecule has 0 radical (unpaired) electrons. The van der Waals surface area contributed by atoms with Crippen molar-refractivity contribution in [1.29, 1.82) is 0 Å². The van der Waals surface area contributed by atoms with Crippen LogP contribution in [0.5, 0.6) is 5.75 Å². The number of ether oxygens (including phenoxy) is 2. The van der Waals surface area contributed by atoms with E-state index in [4.69, 9.17) is 44.3 Å². The van der Waals surface area contributed by atoms with Crippen LogP contribution in [-0.4, -0.2) is 29.5 Å². The Hall–Kier alpha value is -1.17. The number of alkyl halides is 3. The van der Waals surface area contributed by atoms with Crippen LogP contribution < -0.4 is 9.64 Å². The SMILES string of the molecule is COc1ccc(N(C(C)=O)C(=O)OCC(Cl)(Cl)Cl)cc1. The molecule has 0 aliphatic heterocycles. The van der Waals surface area contributed by atoms with Gasteiger partial charge < -0.3 is 9.47 Å². The van der Waals surface area contributed by atoms with Gasteiger partial charge in [-0.05, 0) is 24.3 Å². The van der Waals surface area contributed by atoms with Crippen LogP contribution in [0.1, 0.15) is 6.92 Å². The van der Waals surface area contributed by atoms with Gasteiger partial charge in [-0.25, -0.2) is 9.69 Å². The number of rotatable bonds is 3. The van der Waals surface area contributed by atoms with Gasteiger partial charge in [0, 0.05) is 6.92 Å². The normalized spacial score (nSPS) is 10.8. The molecule has 1 aromatic carbocycles. The van der Waals surface area contributed by atoms with Crippen LogP contribution in [0.4, 0.5) is 10.5 Å². The van der Waals surface area contributed by atoms with E-state index in [1.54, 1.807) is 12.1 Å². The van der Waals surface area contributed by atoms with Crippen molar-refractivity contribution in [2.24, 2.45) is 0 Å². The molecule has 0 aromatic heterocycles. The molecule has 0 saturated heterocycles. The third-order valence-electron chi connectivity index (χ3n) is 2.19. The van der Waals surface area contributed by atoms with Gasteiger partial charge in [0.2, 0.25) is 9.70 Å². The van der Waals surface area contributed by atoms with E-state index in [0.29, 0.717) is 11.4 Å². The monoisotopic (exact) mass is 339 g/mol. The summed E-state index contributed by atoms with van der Waals surface area (Å²) in [6.45, 7) is 0.761. The number of halogens is 3. The molecule has 0 saturated carbocycles. The molecule has 0 N–H and O–H groups in total. The standard InChI is InChI=1S/C12H12Cl3NO4/c1-8(17)16(11(18)20-7-12(13,14)15)9-3-5-10(19-2)6-4-9/h3-6H,7H2,1-2H3. The number of carbonyl (C=O) groups excluding carboxylic acids is 2. The first-order chi connectivity index (χ1) is 9.24. The second-order valence-electron chi connectivity index (χ2n) is 3.72. The van der Waals surface area contributed by atoms with Gasteiger partial charge in [-0.1, -0.05) is 34.8 Å². The zero-order chi connectivity index (χ0) is 15.3. The van der Waals surface area contributed by atoms with Gasteiger partial charge in [0.15, 0.2) is 0 Å². The predicted octanol–water partition coefficient (Wildman–Crippen LogP) is 3.55. The molecule has 0 atom stereocenters. The fourth-order valence-electron chi connectivity index (χ4n) is 1.36. The van der Waals surface area contributed by atoms with Crippen molar-refractivity contribution in [3.63, 3.8) is 0 Å². The van der Waals surface area contributed by atoms with Gasteiger partial charge in [-0.2, -0.15) is 0 Å². The fourth-order valence-corrected chi connectivity index (χ4v) is 1.52. The molecular weight excluding hydrogens is 328 g/mol. The summed E-state index contributed by atoms with van der Waals surface area (Å²) in [5.74, 6) is 0.0661. The van der Waals surface area contributed by atoms with Crippen molar-refractivity contribution < 1.29 is 19.1 Å². The number of benzene rings is 1. The maximum atomic E-state index is 11.9. The summed E-state index contributed by atoms with van der Waals surface area (Å²) in [6, 6.07) is 6.29. The van der Waals surface area contributed by atoms with E-state index >= 15 is 0 Å². The molecule has 1 aromatic rings. The Morgan fingerprint density at radius 2 is 1.75 bits per heavy atom. The lowest BCUT2D eigenvalue weighted by Crippen LogP contribution is -2.37. The smallest absolute Gasteiger partial charge is 0.421 e. The van der Waals surface area contributed by atoms with E-state index in [2.05, 4.69) is 0 Å². The van der Waals surface area contributed by atoms with E-state index in [-0.39, 0.29) is 0 Å². The minimum Gasteiger partial charge on any atom is -0.497 e. The van der Waals surface area contributed by atoms with Crippen LogP contribution in [0.15, 0.2) is 24.3 Å². The highest BCUT2D eigenvalue weighted by molar-refractivity contribution is 6.67. The van der Waals surface area contributed by atoms with Gasteiger partial charge in [-0.3, -0.25) is 4.79 Å². The first-order valence-corrected chi connectivity index (χ1v) is 6.56. The van der Waals surface area contributed by atoms with Crippen molar-refractivity contribution in [2.45, 2.75) is 10.7 Å². The Labute approximate surface area is 131 Å². The van der Waals surface area contributed by atoms with Crippen LogP contribution in [0, 0.1) is 0 Å². The zero-order valence-electron chi connectivity index (χ0n) is 10.7. The number of hydrogen-bond acceptors (Lipinski definition) is 4. The molecule has 20 heavy (non-hydrogen) atoms. The summed E-state index contributed by atoms with van der Waals surface area (Å²) < 4.78 is 8.03. The number of anilines is 1. The number of imide groups is 1. The van der Waals surface area contributed by atoms with Crippen LogP contribution in [0.2, 0.25) is 0 Å². The van der Waals surface area contributed by atoms with Crippen molar-refractivity contribution in [2.75, 3.05) is 18.6 Å². The van der Waals surface area contributed by atoms with Crippen molar-refractivity contribution in [3.05, 3.63) is 24.3 Å². The average Bonchev–Trinajstić information content (AvgIpc) is 2.36. The Bertz CT molecular complexity index is 484.